The first-order chi connectivity index (χ1) is 11.5. The highest BCUT2D eigenvalue weighted by molar-refractivity contribution is 6.62. The van der Waals surface area contributed by atoms with Crippen molar-refractivity contribution in [3.63, 3.8) is 0 Å². The van der Waals surface area contributed by atoms with Crippen LogP contribution < -0.4 is 14.9 Å². The maximum Gasteiger partial charge on any atom is 0.494 e. The lowest BCUT2D eigenvalue weighted by Crippen LogP contribution is -2.41. The van der Waals surface area contributed by atoms with E-state index in [0.29, 0.717) is 11.5 Å². The SMILES string of the molecule is CC(C)(O)COc1ccc(B2OC(C)(C)C(C)(C)O2)cc1OCC#N. The van der Waals surface area contributed by atoms with Crippen molar-refractivity contribution in [3.05, 3.63) is 18.2 Å². The molecule has 25 heavy (non-hydrogen) atoms. The van der Waals surface area contributed by atoms with Crippen LogP contribution in [0.3, 0.4) is 0 Å². The summed E-state index contributed by atoms with van der Waals surface area (Å²) in [5, 5.41) is 18.6. The molecule has 6 nitrogen and oxygen atoms in total. The Labute approximate surface area is 149 Å². The molecule has 1 aliphatic heterocycles. The third-order valence-electron chi connectivity index (χ3n) is 4.37. The Kier molecular flexibility index (Phi) is 5.38. The number of hydrogen-bond donors (Lipinski definition) is 1. The van der Waals surface area contributed by atoms with Gasteiger partial charge in [0.1, 0.15) is 12.7 Å². The Balaban J connectivity index is 2.25. The summed E-state index contributed by atoms with van der Waals surface area (Å²) in [7, 11) is -0.530. The molecular weight excluding hydrogens is 321 g/mol. The fraction of sp³-hybridized carbons (Fsp3) is 0.611. The number of hydrogen-bond acceptors (Lipinski definition) is 6. The summed E-state index contributed by atoms with van der Waals surface area (Å²) in [4.78, 5) is 0. The number of aliphatic hydroxyl groups is 1. The molecule has 1 fully saturated rings. The molecule has 1 aromatic rings. The van der Waals surface area contributed by atoms with Crippen LogP contribution in [0.2, 0.25) is 0 Å². The average molecular weight is 347 g/mol. The van der Waals surface area contributed by atoms with Gasteiger partial charge < -0.3 is 23.9 Å². The van der Waals surface area contributed by atoms with E-state index in [1.54, 1.807) is 26.0 Å². The van der Waals surface area contributed by atoms with Gasteiger partial charge in [-0.3, -0.25) is 0 Å². The minimum Gasteiger partial charge on any atom is -0.487 e. The summed E-state index contributed by atoms with van der Waals surface area (Å²) >= 11 is 0. The van der Waals surface area contributed by atoms with E-state index in [2.05, 4.69) is 0 Å². The lowest BCUT2D eigenvalue weighted by atomic mass is 9.79. The summed E-state index contributed by atoms with van der Waals surface area (Å²) in [6.45, 7) is 11.3. The van der Waals surface area contributed by atoms with Crippen LogP contribution in [0.5, 0.6) is 11.5 Å². The molecule has 0 saturated carbocycles. The van der Waals surface area contributed by atoms with Gasteiger partial charge in [0.2, 0.25) is 0 Å². The highest BCUT2D eigenvalue weighted by atomic mass is 16.7. The average Bonchev–Trinajstić information content (AvgIpc) is 2.71. The lowest BCUT2D eigenvalue weighted by Gasteiger charge is -2.32. The first-order valence-corrected chi connectivity index (χ1v) is 8.30. The van der Waals surface area contributed by atoms with Gasteiger partial charge in [-0.2, -0.15) is 5.26 Å². The van der Waals surface area contributed by atoms with Crippen LogP contribution >= 0.6 is 0 Å². The molecule has 0 atom stereocenters. The van der Waals surface area contributed by atoms with Crippen LogP contribution in [0.25, 0.3) is 0 Å². The van der Waals surface area contributed by atoms with Crippen molar-refractivity contribution >= 4 is 12.6 Å². The van der Waals surface area contributed by atoms with Crippen LogP contribution in [0.15, 0.2) is 18.2 Å². The molecule has 7 heteroatoms. The number of rotatable bonds is 6. The van der Waals surface area contributed by atoms with E-state index in [4.69, 9.17) is 24.0 Å². The van der Waals surface area contributed by atoms with E-state index in [-0.39, 0.29) is 13.2 Å². The molecule has 0 spiro atoms. The fourth-order valence-electron chi connectivity index (χ4n) is 2.25. The predicted molar refractivity (Wildman–Crippen MR) is 95.1 cm³/mol. The monoisotopic (exact) mass is 347 g/mol. The second-order valence-electron chi connectivity index (χ2n) is 7.84. The van der Waals surface area contributed by atoms with Gasteiger partial charge in [0.15, 0.2) is 18.1 Å². The lowest BCUT2D eigenvalue weighted by molar-refractivity contribution is 0.00578. The molecule has 0 aliphatic carbocycles. The van der Waals surface area contributed by atoms with Crippen LogP contribution in [-0.2, 0) is 9.31 Å². The van der Waals surface area contributed by atoms with E-state index < -0.39 is 23.9 Å². The van der Waals surface area contributed by atoms with Crippen molar-refractivity contribution in [2.24, 2.45) is 0 Å². The van der Waals surface area contributed by atoms with Crippen molar-refractivity contribution in [1.82, 2.24) is 0 Å². The second-order valence-corrected chi connectivity index (χ2v) is 7.84. The Morgan fingerprint density at radius 1 is 1.12 bits per heavy atom. The van der Waals surface area contributed by atoms with Gasteiger partial charge in [0, 0.05) is 0 Å². The smallest absolute Gasteiger partial charge is 0.487 e. The number of benzene rings is 1. The molecule has 0 amide bonds. The molecule has 0 radical (unpaired) electrons. The molecule has 1 saturated heterocycles. The van der Waals surface area contributed by atoms with Crippen LogP contribution in [0.4, 0.5) is 0 Å². The molecule has 0 aromatic heterocycles. The minimum absolute atomic E-state index is 0.103. The fourth-order valence-corrected chi connectivity index (χ4v) is 2.25. The van der Waals surface area contributed by atoms with E-state index >= 15 is 0 Å². The second kappa shape index (κ2) is 6.87. The molecule has 2 rings (SSSR count). The van der Waals surface area contributed by atoms with Crippen molar-refractivity contribution in [2.75, 3.05) is 13.2 Å². The van der Waals surface area contributed by atoms with Crippen LogP contribution in [-0.4, -0.2) is 42.2 Å². The first-order valence-electron chi connectivity index (χ1n) is 8.30. The maximum absolute atomic E-state index is 9.83. The highest BCUT2D eigenvalue weighted by Crippen LogP contribution is 2.37. The van der Waals surface area contributed by atoms with Crippen molar-refractivity contribution in [1.29, 1.82) is 5.26 Å². The maximum atomic E-state index is 9.83. The normalized spacial score (nSPS) is 18.7. The molecule has 1 heterocycles. The molecule has 1 aliphatic rings. The van der Waals surface area contributed by atoms with Crippen molar-refractivity contribution in [3.8, 4) is 17.6 Å². The first kappa shape index (κ1) is 19.6. The topological polar surface area (TPSA) is 80.9 Å². The van der Waals surface area contributed by atoms with E-state index in [1.807, 2.05) is 39.8 Å². The summed E-state index contributed by atoms with van der Waals surface area (Å²) in [6, 6.07) is 7.26. The van der Waals surface area contributed by atoms with Gasteiger partial charge >= 0.3 is 7.12 Å². The van der Waals surface area contributed by atoms with Crippen LogP contribution in [0, 0.1) is 11.3 Å². The van der Waals surface area contributed by atoms with Gasteiger partial charge in [-0.1, -0.05) is 6.07 Å². The predicted octanol–water partition coefficient (Wildman–Crippen LogP) is 2.04. The largest absolute Gasteiger partial charge is 0.494 e. The van der Waals surface area contributed by atoms with Gasteiger partial charge in [-0.15, -0.1) is 0 Å². The van der Waals surface area contributed by atoms with Gasteiger partial charge in [0.25, 0.3) is 0 Å². The molecule has 1 N–H and O–H groups in total. The standard InChI is InChI=1S/C18H26BNO5/c1-16(2,21)12-23-14-8-7-13(11-15(14)22-10-9-20)19-24-17(3,4)18(5,6)25-19/h7-8,11,21H,10,12H2,1-6H3. The minimum atomic E-state index is -0.975. The molecule has 1 aromatic carbocycles. The highest BCUT2D eigenvalue weighted by Gasteiger charge is 2.51. The zero-order valence-corrected chi connectivity index (χ0v) is 15.8. The van der Waals surface area contributed by atoms with E-state index in [1.165, 1.54) is 0 Å². The Morgan fingerprint density at radius 3 is 2.24 bits per heavy atom. The number of nitrogens with zero attached hydrogens (tertiary/aromatic N) is 1. The van der Waals surface area contributed by atoms with E-state index in [0.717, 1.165) is 5.46 Å². The summed E-state index contributed by atoms with van der Waals surface area (Å²) in [5.74, 6) is 0.871. The quantitative estimate of drug-likeness (QED) is 0.793. The van der Waals surface area contributed by atoms with Gasteiger partial charge in [-0.25, -0.2) is 0 Å². The number of nitriles is 1. The molecular formula is C18H26BNO5. The zero-order valence-electron chi connectivity index (χ0n) is 15.8. The van der Waals surface area contributed by atoms with Gasteiger partial charge in [0.05, 0.1) is 16.8 Å². The summed E-state index contributed by atoms with van der Waals surface area (Å²) in [6.07, 6.45) is 0. The van der Waals surface area contributed by atoms with Crippen molar-refractivity contribution in [2.45, 2.75) is 58.3 Å². The van der Waals surface area contributed by atoms with Gasteiger partial charge in [-0.05, 0) is 59.1 Å². The third-order valence-corrected chi connectivity index (χ3v) is 4.37. The Morgan fingerprint density at radius 2 is 1.72 bits per heavy atom. The van der Waals surface area contributed by atoms with Crippen LogP contribution in [0.1, 0.15) is 41.5 Å². The summed E-state index contributed by atoms with van der Waals surface area (Å²) in [5.41, 5.74) is -1.08. The third kappa shape index (κ3) is 4.66. The molecule has 0 bridgehead atoms. The van der Waals surface area contributed by atoms with Crippen molar-refractivity contribution < 1.29 is 23.9 Å². The molecule has 0 unspecified atom stereocenters. The Hall–Kier alpha value is -1.75. The summed E-state index contributed by atoms with van der Waals surface area (Å²) < 4.78 is 23.2. The Bertz CT molecular complexity index is 644. The van der Waals surface area contributed by atoms with E-state index in [9.17, 15) is 5.11 Å². The zero-order chi connectivity index (χ0) is 18.9. The number of ether oxygens (including phenoxy) is 2. The molecule has 136 valence electrons.